The van der Waals surface area contributed by atoms with Crippen molar-refractivity contribution in [1.82, 2.24) is 0 Å². The van der Waals surface area contributed by atoms with E-state index in [1.165, 1.54) is 0 Å². The molecule has 0 bridgehead atoms. The summed E-state index contributed by atoms with van der Waals surface area (Å²) < 4.78 is 43.5. The van der Waals surface area contributed by atoms with Gasteiger partial charge >= 0.3 is 10.4 Å². The summed E-state index contributed by atoms with van der Waals surface area (Å²) in [6, 6.07) is 0. The molecule has 0 aromatic carbocycles. The van der Waals surface area contributed by atoms with Gasteiger partial charge in [-0.1, -0.05) is 0 Å². The van der Waals surface area contributed by atoms with E-state index in [-0.39, 0.29) is 0 Å². The van der Waals surface area contributed by atoms with Crippen LogP contribution in [0.2, 0.25) is 0 Å². The van der Waals surface area contributed by atoms with Gasteiger partial charge in [0.25, 0.3) is 0 Å². The third-order valence-electron chi connectivity index (χ3n) is 2.63. The molecule has 0 aliphatic carbocycles. The van der Waals surface area contributed by atoms with Gasteiger partial charge in [-0.3, -0.25) is 0 Å². The normalized spacial score (nSPS) is 46.0. The molecule has 2 heterocycles. The van der Waals surface area contributed by atoms with Crippen LogP contribution in [0.25, 0.3) is 0 Å². The third-order valence-corrected chi connectivity index (χ3v) is 3.71. The van der Waals surface area contributed by atoms with E-state index in [9.17, 15) is 8.42 Å². The van der Waals surface area contributed by atoms with Gasteiger partial charge in [0.2, 0.25) is 0 Å². The fourth-order valence-corrected chi connectivity index (χ4v) is 3.06. The maximum absolute atomic E-state index is 11.3. The summed E-state index contributed by atoms with van der Waals surface area (Å²) in [5.74, 6) is -0.744. The Morgan fingerprint density at radius 1 is 0.938 bits per heavy atom. The Kier molecular flexibility index (Phi) is 2.79. The molecular formula is C9H16O6S. The zero-order valence-corrected chi connectivity index (χ0v) is 10.5. The first-order valence-electron chi connectivity index (χ1n) is 5.17. The minimum Gasteiger partial charge on any atom is -0.342 e. The molecule has 0 amide bonds. The summed E-state index contributed by atoms with van der Waals surface area (Å²) >= 11 is 0. The monoisotopic (exact) mass is 252 g/mol. The summed E-state index contributed by atoms with van der Waals surface area (Å²) in [6.07, 6.45) is -2.13. The zero-order chi connectivity index (χ0) is 12.1. The van der Waals surface area contributed by atoms with Crippen molar-refractivity contribution in [2.45, 2.75) is 57.9 Å². The fraction of sp³-hybridized carbons (Fsp3) is 1.00. The molecule has 2 aliphatic rings. The molecule has 0 N–H and O–H groups in total. The summed E-state index contributed by atoms with van der Waals surface area (Å²) in [5.41, 5.74) is 0. The molecule has 0 unspecified atom stereocenters. The number of ether oxygens (including phenoxy) is 2. The van der Waals surface area contributed by atoms with Crippen LogP contribution >= 0.6 is 0 Å². The van der Waals surface area contributed by atoms with Gasteiger partial charge in [-0.15, -0.1) is 0 Å². The Morgan fingerprint density at radius 2 is 1.31 bits per heavy atom. The van der Waals surface area contributed by atoms with E-state index in [1.54, 1.807) is 27.7 Å². The van der Waals surface area contributed by atoms with Crippen LogP contribution < -0.4 is 0 Å². The first-order valence-corrected chi connectivity index (χ1v) is 6.51. The van der Waals surface area contributed by atoms with Gasteiger partial charge < -0.3 is 9.47 Å². The van der Waals surface area contributed by atoms with Crippen LogP contribution in [-0.2, 0) is 28.2 Å². The van der Waals surface area contributed by atoms with Crippen molar-refractivity contribution in [3.05, 3.63) is 0 Å². The zero-order valence-electron chi connectivity index (χ0n) is 9.67. The maximum atomic E-state index is 11.3. The van der Waals surface area contributed by atoms with Crippen LogP contribution in [0.4, 0.5) is 0 Å². The van der Waals surface area contributed by atoms with Gasteiger partial charge in [0.15, 0.2) is 5.79 Å². The average molecular weight is 252 g/mol. The highest BCUT2D eigenvalue weighted by Gasteiger charge is 2.51. The fourth-order valence-electron chi connectivity index (χ4n) is 2.05. The van der Waals surface area contributed by atoms with Gasteiger partial charge in [0.05, 0.1) is 0 Å². The largest absolute Gasteiger partial charge is 0.400 e. The Balaban J connectivity index is 2.28. The van der Waals surface area contributed by atoms with E-state index in [0.29, 0.717) is 0 Å². The summed E-state index contributed by atoms with van der Waals surface area (Å²) in [7, 11) is -3.96. The molecule has 2 saturated heterocycles. The molecule has 94 valence electrons. The van der Waals surface area contributed by atoms with E-state index >= 15 is 0 Å². The molecular weight excluding hydrogens is 236 g/mol. The number of hydrogen-bond donors (Lipinski definition) is 0. The Morgan fingerprint density at radius 3 is 1.69 bits per heavy atom. The molecule has 2 rings (SSSR count). The molecule has 2 aliphatic heterocycles. The predicted octanol–water partition coefficient (Wildman–Crippen LogP) is 0.575. The van der Waals surface area contributed by atoms with E-state index in [1.807, 2.05) is 0 Å². The van der Waals surface area contributed by atoms with E-state index in [0.717, 1.165) is 0 Å². The van der Waals surface area contributed by atoms with Crippen molar-refractivity contribution in [2.75, 3.05) is 0 Å². The molecule has 16 heavy (non-hydrogen) atoms. The van der Waals surface area contributed by atoms with E-state index in [4.69, 9.17) is 17.8 Å². The molecule has 0 saturated carbocycles. The molecule has 0 aromatic rings. The van der Waals surface area contributed by atoms with Crippen molar-refractivity contribution in [2.24, 2.45) is 0 Å². The van der Waals surface area contributed by atoms with Crippen LogP contribution in [0.1, 0.15) is 27.7 Å². The van der Waals surface area contributed by atoms with Crippen LogP contribution in [0, 0.1) is 0 Å². The van der Waals surface area contributed by atoms with Gasteiger partial charge in [-0.05, 0) is 27.7 Å². The minimum absolute atomic E-state index is 0.442. The first-order chi connectivity index (χ1) is 7.20. The second kappa shape index (κ2) is 3.64. The van der Waals surface area contributed by atoms with Crippen LogP contribution in [0.5, 0.6) is 0 Å². The van der Waals surface area contributed by atoms with Gasteiger partial charge in [0, 0.05) is 0 Å². The second-order valence-corrected chi connectivity index (χ2v) is 5.78. The lowest BCUT2D eigenvalue weighted by molar-refractivity contribution is -0.160. The lowest BCUT2D eigenvalue weighted by atomic mass is 10.1. The molecule has 0 aromatic heterocycles. The number of fused-ring (bicyclic) bond motifs is 1. The van der Waals surface area contributed by atoms with Crippen molar-refractivity contribution in [1.29, 1.82) is 0 Å². The Labute approximate surface area is 95.1 Å². The highest BCUT2D eigenvalue weighted by Crippen LogP contribution is 2.36. The standard InChI is InChI=1S/C9H16O6S/c1-5-7-8(13-9(3,4)12-7)6(2)15-16(10,11)14-5/h5-8H,1-4H3/t5-,6-,7+,8+/m0/s1. The molecule has 0 spiro atoms. The van der Waals surface area contributed by atoms with Crippen LogP contribution in [0.3, 0.4) is 0 Å². The number of rotatable bonds is 0. The van der Waals surface area contributed by atoms with E-state index in [2.05, 4.69) is 0 Å². The maximum Gasteiger partial charge on any atom is 0.400 e. The van der Waals surface area contributed by atoms with Crippen molar-refractivity contribution in [3.63, 3.8) is 0 Å². The topological polar surface area (TPSA) is 71.1 Å². The Hall–Kier alpha value is -0.210. The minimum atomic E-state index is -3.96. The van der Waals surface area contributed by atoms with Gasteiger partial charge in [-0.2, -0.15) is 8.42 Å². The predicted molar refractivity (Wildman–Crippen MR) is 53.8 cm³/mol. The second-order valence-electron chi connectivity index (χ2n) is 4.58. The molecule has 6 nitrogen and oxygen atoms in total. The third kappa shape index (κ3) is 2.23. The summed E-state index contributed by atoms with van der Waals surface area (Å²) in [4.78, 5) is 0. The van der Waals surface area contributed by atoms with Gasteiger partial charge in [-0.25, -0.2) is 8.37 Å². The van der Waals surface area contributed by atoms with Crippen LogP contribution in [0.15, 0.2) is 0 Å². The first kappa shape index (κ1) is 12.3. The quantitative estimate of drug-likeness (QED) is 0.628. The van der Waals surface area contributed by atoms with Gasteiger partial charge in [0.1, 0.15) is 24.4 Å². The van der Waals surface area contributed by atoms with Crippen LogP contribution in [-0.4, -0.2) is 38.6 Å². The average Bonchev–Trinajstić information content (AvgIpc) is 2.36. The lowest BCUT2D eigenvalue weighted by Crippen LogP contribution is -2.38. The summed E-state index contributed by atoms with van der Waals surface area (Å²) in [5, 5.41) is 0. The van der Waals surface area contributed by atoms with E-state index < -0.39 is 40.6 Å². The highest BCUT2D eigenvalue weighted by molar-refractivity contribution is 7.81. The Bertz CT molecular complexity index is 347. The lowest BCUT2D eigenvalue weighted by Gasteiger charge is -2.20. The molecule has 0 radical (unpaired) electrons. The van der Waals surface area contributed by atoms with Crippen molar-refractivity contribution >= 4 is 10.4 Å². The highest BCUT2D eigenvalue weighted by atomic mass is 32.3. The number of hydrogen-bond acceptors (Lipinski definition) is 6. The molecule has 7 heteroatoms. The van der Waals surface area contributed by atoms with Crippen molar-refractivity contribution in [3.8, 4) is 0 Å². The smallest absolute Gasteiger partial charge is 0.342 e. The molecule has 4 atom stereocenters. The summed E-state index contributed by atoms with van der Waals surface area (Å²) in [6.45, 7) is 6.80. The SMILES string of the molecule is C[C@@H]1OS(=O)(=O)O[C@@H](C)[C@H]2OC(C)(C)O[C@@H]21. The van der Waals surface area contributed by atoms with Crippen molar-refractivity contribution < 1.29 is 26.3 Å². The molecule has 2 fully saturated rings.